The zero-order valence-electron chi connectivity index (χ0n) is 16.7. The Hall–Kier alpha value is -3.26. The quantitative estimate of drug-likeness (QED) is 0.538. The van der Waals surface area contributed by atoms with Crippen LogP contribution in [0, 0.1) is 0 Å². The lowest BCUT2D eigenvalue weighted by Crippen LogP contribution is -2.29. The van der Waals surface area contributed by atoms with Crippen molar-refractivity contribution in [2.45, 2.75) is 12.2 Å². The fraction of sp³-hybridized carbons (Fsp3) is 0.182. The summed E-state index contributed by atoms with van der Waals surface area (Å²) in [7, 11) is 3.35. The predicted molar refractivity (Wildman–Crippen MR) is 112 cm³/mol. The zero-order valence-corrected chi connectivity index (χ0v) is 17.4. The number of benzene rings is 2. The number of methoxy groups -OCH3 is 1. The van der Waals surface area contributed by atoms with E-state index in [0.29, 0.717) is 11.6 Å². The van der Waals surface area contributed by atoms with Crippen molar-refractivity contribution in [1.29, 1.82) is 0 Å². The first-order valence-electron chi connectivity index (χ1n) is 9.15. The Labute approximate surface area is 182 Å². The molecule has 9 heteroatoms. The van der Waals surface area contributed by atoms with E-state index in [1.54, 1.807) is 55.4 Å². The Bertz CT molecular complexity index is 1090. The zero-order chi connectivity index (χ0) is 22.6. The van der Waals surface area contributed by atoms with Crippen LogP contribution in [0.4, 0.5) is 13.2 Å². The fourth-order valence-corrected chi connectivity index (χ4v) is 3.13. The molecule has 1 N–H and O–H groups in total. The van der Waals surface area contributed by atoms with Gasteiger partial charge in [0.25, 0.3) is 0 Å². The van der Waals surface area contributed by atoms with Crippen LogP contribution in [-0.2, 0) is 18.0 Å². The number of ether oxygens (including phenoxy) is 1. The Morgan fingerprint density at radius 1 is 1.23 bits per heavy atom. The second kappa shape index (κ2) is 9.26. The molecule has 3 rings (SSSR count). The molecule has 0 fully saturated rings. The first-order valence-corrected chi connectivity index (χ1v) is 9.53. The highest BCUT2D eigenvalue weighted by molar-refractivity contribution is 6.32. The van der Waals surface area contributed by atoms with E-state index in [0.717, 1.165) is 29.8 Å². The van der Waals surface area contributed by atoms with Gasteiger partial charge in [-0.15, -0.1) is 0 Å². The van der Waals surface area contributed by atoms with E-state index in [1.807, 2.05) is 0 Å². The van der Waals surface area contributed by atoms with Gasteiger partial charge in [0, 0.05) is 30.5 Å². The third-order valence-corrected chi connectivity index (χ3v) is 4.93. The van der Waals surface area contributed by atoms with Crippen LogP contribution in [0.3, 0.4) is 0 Å². The maximum absolute atomic E-state index is 12.9. The second-order valence-electron chi connectivity index (χ2n) is 6.68. The Morgan fingerprint density at radius 2 is 1.94 bits per heavy atom. The number of aromatic nitrogens is 2. The number of imidazole rings is 1. The lowest BCUT2D eigenvalue weighted by Gasteiger charge is -2.18. The molecule has 1 amide bonds. The summed E-state index contributed by atoms with van der Waals surface area (Å²) in [5, 5.41) is 2.94. The third kappa shape index (κ3) is 5.46. The molecule has 1 unspecified atom stereocenters. The molecule has 3 aromatic rings. The number of nitrogens with zero attached hydrogens (tertiary/aromatic N) is 2. The van der Waals surface area contributed by atoms with Crippen molar-refractivity contribution in [3.63, 3.8) is 0 Å². The number of aryl methyl sites for hydroxylation is 1. The number of alkyl halides is 3. The van der Waals surface area contributed by atoms with Gasteiger partial charge in [-0.3, -0.25) is 4.79 Å². The average Bonchev–Trinajstić information content (AvgIpc) is 3.16. The molecule has 162 valence electrons. The smallest absolute Gasteiger partial charge is 0.416 e. The lowest BCUT2D eigenvalue weighted by molar-refractivity contribution is -0.137. The first-order chi connectivity index (χ1) is 14.7. The number of amides is 1. The van der Waals surface area contributed by atoms with Gasteiger partial charge in [-0.05, 0) is 47.5 Å². The first kappa shape index (κ1) is 22.4. The summed E-state index contributed by atoms with van der Waals surface area (Å²) in [6.45, 7) is 0. The SMILES string of the molecule is COc1ccc(C(NC(=O)/C=C/c2cc(C(F)(F)F)ccc2Cl)c2nccn2C)cc1. The van der Waals surface area contributed by atoms with Gasteiger partial charge in [0.2, 0.25) is 5.91 Å². The summed E-state index contributed by atoms with van der Waals surface area (Å²) in [6.07, 6.45) is 1.23. The molecule has 0 aliphatic rings. The normalized spacial score (nSPS) is 12.7. The molecule has 0 radical (unpaired) electrons. The number of halogens is 4. The summed E-state index contributed by atoms with van der Waals surface area (Å²) in [4.78, 5) is 16.9. The summed E-state index contributed by atoms with van der Waals surface area (Å²) >= 11 is 5.99. The minimum atomic E-state index is -4.51. The van der Waals surface area contributed by atoms with Crippen LogP contribution in [0.2, 0.25) is 5.02 Å². The van der Waals surface area contributed by atoms with Gasteiger partial charge in [-0.2, -0.15) is 13.2 Å². The topological polar surface area (TPSA) is 56.1 Å². The molecule has 0 bridgehead atoms. The standard InChI is InChI=1S/C22H19ClF3N3O2/c1-29-12-11-27-21(29)20(14-3-7-17(31-2)8-4-14)28-19(30)10-5-15-13-16(22(24,25)26)6-9-18(15)23/h3-13,20H,1-2H3,(H,28,30)/b10-5+. The number of hydrogen-bond donors (Lipinski definition) is 1. The molecule has 0 spiro atoms. The van der Waals surface area contributed by atoms with Crippen LogP contribution in [0.1, 0.15) is 28.6 Å². The summed E-state index contributed by atoms with van der Waals surface area (Å²) < 4.78 is 45.8. The minimum Gasteiger partial charge on any atom is -0.497 e. The van der Waals surface area contributed by atoms with Crippen LogP contribution < -0.4 is 10.1 Å². The lowest BCUT2D eigenvalue weighted by atomic mass is 10.1. The van der Waals surface area contributed by atoms with Crippen molar-refractivity contribution in [2.24, 2.45) is 7.05 Å². The van der Waals surface area contributed by atoms with Gasteiger partial charge in [-0.1, -0.05) is 23.7 Å². The molecule has 0 aliphatic heterocycles. The van der Waals surface area contributed by atoms with Crippen LogP contribution in [0.15, 0.2) is 60.9 Å². The van der Waals surface area contributed by atoms with E-state index in [2.05, 4.69) is 10.3 Å². The molecule has 1 atom stereocenters. The van der Waals surface area contributed by atoms with Crippen LogP contribution in [-0.4, -0.2) is 22.6 Å². The Kier molecular flexibility index (Phi) is 6.70. The van der Waals surface area contributed by atoms with Gasteiger partial charge in [0.05, 0.1) is 12.7 Å². The van der Waals surface area contributed by atoms with Gasteiger partial charge in [0.15, 0.2) is 0 Å². The molecule has 1 aromatic heterocycles. The van der Waals surface area contributed by atoms with Crippen LogP contribution >= 0.6 is 11.6 Å². The summed E-state index contributed by atoms with van der Waals surface area (Å²) in [5.74, 6) is 0.731. The number of nitrogens with one attached hydrogen (secondary N) is 1. The molecule has 0 saturated heterocycles. The van der Waals surface area contributed by atoms with Gasteiger partial charge in [0.1, 0.15) is 17.6 Å². The van der Waals surface area contributed by atoms with Gasteiger partial charge in [-0.25, -0.2) is 4.98 Å². The largest absolute Gasteiger partial charge is 0.497 e. The second-order valence-corrected chi connectivity index (χ2v) is 7.09. The number of rotatable bonds is 6. The van der Waals surface area contributed by atoms with E-state index in [1.165, 1.54) is 6.08 Å². The molecule has 5 nitrogen and oxygen atoms in total. The van der Waals surface area contributed by atoms with Crippen molar-refractivity contribution in [3.05, 3.63) is 88.5 Å². The molecular weight excluding hydrogens is 431 g/mol. The van der Waals surface area contributed by atoms with Crippen LogP contribution in [0.25, 0.3) is 6.08 Å². The van der Waals surface area contributed by atoms with Crippen molar-refractivity contribution < 1.29 is 22.7 Å². The Morgan fingerprint density at radius 3 is 2.52 bits per heavy atom. The summed E-state index contributed by atoms with van der Waals surface area (Å²) in [6, 6.07) is 9.46. The van der Waals surface area contributed by atoms with Crippen molar-refractivity contribution in [3.8, 4) is 5.75 Å². The molecule has 31 heavy (non-hydrogen) atoms. The maximum atomic E-state index is 12.9. The molecule has 1 heterocycles. The predicted octanol–water partition coefficient (Wildman–Crippen LogP) is 5.02. The highest BCUT2D eigenvalue weighted by Crippen LogP contribution is 2.32. The molecule has 0 aliphatic carbocycles. The van der Waals surface area contributed by atoms with Crippen molar-refractivity contribution in [2.75, 3.05) is 7.11 Å². The Balaban J connectivity index is 1.85. The maximum Gasteiger partial charge on any atom is 0.416 e. The highest BCUT2D eigenvalue weighted by atomic mass is 35.5. The average molecular weight is 450 g/mol. The monoisotopic (exact) mass is 449 g/mol. The number of carbonyl (C=O) groups excluding carboxylic acids is 1. The van der Waals surface area contributed by atoms with E-state index in [9.17, 15) is 18.0 Å². The fourth-order valence-electron chi connectivity index (χ4n) is 2.95. The number of hydrogen-bond acceptors (Lipinski definition) is 3. The van der Waals surface area contributed by atoms with Gasteiger partial charge >= 0.3 is 6.18 Å². The van der Waals surface area contributed by atoms with Crippen LogP contribution in [0.5, 0.6) is 5.75 Å². The van der Waals surface area contributed by atoms with E-state index >= 15 is 0 Å². The van der Waals surface area contributed by atoms with E-state index in [-0.39, 0.29) is 10.6 Å². The molecular formula is C22H19ClF3N3O2. The number of carbonyl (C=O) groups is 1. The van der Waals surface area contributed by atoms with E-state index < -0.39 is 23.7 Å². The molecule has 2 aromatic carbocycles. The summed E-state index contributed by atoms with van der Waals surface area (Å²) in [5.41, 5.74) is -0.000315. The van der Waals surface area contributed by atoms with Gasteiger partial charge < -0.3 is 14.6 Å². The minimum absolute atomic E-state index is 0.0876. The van der Waals surface area contributed by atoms with E-state index in [4.69, 9.17) is 16.3 Å². The molecule has 0 saturated carbocycles. The van der Waals surface area contributed by atoms with Crippen molar-refractivity contribution >= 4 is 23.6 Å². The third-order valence-electron chi connectivity index (χ3n) is 4.59. The highest BCUT2D eigenvalue weighted by Gasteiger charge is 2.30. The van der Waals surface area contributed by atoms with Crippen molar-refractivity contribution in [1.82, 2.24) is 14.9 Å².